The van der Waals surface area contributed by atoms with E-state index in [0.29, 0.717) is 5.71 Å². The van der Waals surface area contributed by atoms with Crippen LogP contribution in [0.4, 0.5) is 0 Å². The molecule has 7 aromatic carbocycles. The quantitative estimate of drug-likeness (QED) is 0.185. The van der Waals surface area contributed by atoms with Crippen LogP contribution in [0.1, 0.15) is 0 Å². The zero-order chi connectivity index (χ0) is 33.5. The number of nitrogens with zero attached hydrogens (tertiary/aromatic N) is 2. The van der Waals surface area contributed by atoms with Gasteiger partial charge in [-0.15, -0.1) is 22.7 Å². The molecule has 0 aliphatic heterocycles. The molecule has 0 fully saturated rings. The van der Waals surface area contributed by atoms with Crippen LogP contribution in [-0.2, 0) is 0 Å². The molecule has 3 nitrogen and oxygen atoms in total. The summed E-state index contributed by atoms with van der Waals surface area (Å²) in [6.45, 7) is 0. The van der Waals surface area contributed by atoms with Gasteiger partial charge >= 0.3 is 0 Å². The Morgan fingerprint density at radius 2 is 0.961 bits per heavy atom. The Morgan fingerprint density at radius 3 is 1.59 bits per heavy atom. The Kier molecular flexibility index (Phi) is 6.29. The van der Waals surface area contributed by atoms with Crippen molar-refractivity contribution in [1.29, 1.82) is 0 Å². The van der Waals surface area contributed by atoms with Crippen molar-refractivity contribution in [3.8, 4) is 44.6 Å². The molecule has 0 bridgehead atoms. The highest BCUT2D eigenvalue weighted by atomic mass is 32.1. The van der Waals surface area contributed by atoms with Gasteiger partial charge in [0.05, 0.1) is 11.9 Å². The van der Waals surface area contributed by atoms with E-state index in [0.717, 1.165) is 38.9 Å². The zero-order valence-corrected chi connectivity index (χ0v) is 28.8. The first-order valence-electron chi connectivity index (χ1n) is 17.0. The minimum atomic E-state index is 0.547. The molecule has 0 saturated heterocycles. The maximum atomic E-state index is 6.25. The van der Waals surface area contributed by atoms with Crippen molar-refractivity contribution in [3.05, 3.63) is 158 Å². The van der Waals surface area contributed by atoms with Gasteiger partial charge in [-0.1, -0.05) is 127 Å². The van der Waals surface area contributed by atoms with Crippen molar-refractivity contribution in [2.75, 3.05) is 0 Å². The molecule has 5 heteroatoms. The highest BCUT2D eigenvalue weighted by Gasteiger charge is 2.15. The number of furan rings is 1. The van der Waals surface area contributed by atoms with Crippen molar-refractivity contribution in [1.82, 2.24) is 9.97 Å². The monoisotopic (exact) mass is 686 g/mol. The third-order valence-corrected chi connectivity index (χ3v) is 12.5. The normalized spacial score (nSPS) is 11.9. The van der Waals surface area contributed by atoms with Gasteiger partial charge in [0.25, 0.3) is 0 Å². The maximum Gasteiger partial charge on any atom is 0.246 e. The Labute approximate surface area is 300 Å². The number of aromatic nitrogens is 2. The average molecular weight is 687 g/mol. The number of benzene rings is 7. The predicted molar refractivity (Wildman–Crippen MR) is 217 cm³/mol. The van der Waals surface area contributed by atoms with Crippen molar-refractivity contribution in [2.45, 2.75) is 0 Å². The summed E-state index contributed by atoms with van der Waals surface area (Å²) in [5.41, 5.74) is 11.1. The summed E-state index contributed by atoms with van der Waals surface area (Å²) in [5.74, 6) is 0. The second-order valence-corrected chi connectivity index (χ2v) is 15.0. The fourth-order valence-electron chi connectivity index (χ4n) is 7.47. The number of fused-ring (bicyclic) bond motifs is 9. The summed E-state index contributed by atoms with van der Waals surface area (Å²) in [6.07, 6.45) is 1.86. The van der Waals surface area contributed by atoms with E-state index >= 15 is 0 Å². The summed E-state index contributed by atoms with van der Waals surface area (Å²) in [7, 11) is 0. The predicted octanol–water partition coefficient (Wildman–Crippen LogP) is 13.8. The summed E-state index contributed by atoms with van der Waals surface area (Å²) in [6, 6.07) is 54.3. The molecule has 0 spiro atoms. The minimum absolute atomic E-state index is 0.547. The molecule has 4 aromatic heterocycles. The fraction of sp³-hybridized carbons (Fsp3) is 0. The van der Waals surface area contributed by atoms with Crippen LogP contribution in [0.15, 0.2) is 162 Å². The molecule has 0 N–H and O–H groups in total. The molecule has 0 saturated carbocycles. The Bertz CT molecular complexity index is 3130. The van der Waals surface area contributed by atoms with Crippen LogP contribution in [0, 0.1) is 0 Å². The van der Waals surface area contributed by atoms with Gasteiger partial charge in [0.2, 0.25) is 5.71 Å². The van der Waals surface area contributed by atoms with E-state index in [9.17, 15) is 0 Å². The van der Waals surface area contributed by atoms with Gasteiger partial charge in [-0.3, -0.25) is 0 Å². The van der Waals surface area contributed by atoms with Crippen LogP contribution in [0.3, 0.4) is 0 Å². The first-order valence-corrected chi connectivity index (χ1v) is 18.6. The second kappa shape index (κ2) is 11.2. The third kappa shape index (κ3) is 4.56. The summed E-state index contributed by atoms with van der Waals surface area (Å²) in [5, 5.41) is 6.22. The van der Waals surface area contributed by atoms with Crippen molar-refractivity contribution < 1.29 is 4.42 Å². The minimum Gasteiger partial charge on any atom is -0.436 e. The lowest BCUT2D eigenvalue weighted by Crippen LogP contribution is -1.87. The van der Waals surface area contributed by atoms with Crippen molar-refractivity contribution in [3.63, 3.8) is 0 Å². The summed E-state index contributed by atoms with van der Waals surface area (Å²) < 4.78 is 11.5. The summed E-state index contributed by atoms with van der Waals surface area (Å²) >= 11 is 3.72. The molecule has 0 aliphatic carbocycles. The topological polar surface area (TPSA) is 38.9 Å². The van der Waals surface area contributed by atoms with Gasteiger partial charge in [0.15, 0.2) is 0 Å². The van der Waals surface area contributed by atoms with Crippen LogP contribution in [-0.4, -0.2) is 9.97 Å². The number of thiophene rings is 2. The average Bonchev–Trinajstić information content (AvgIpc) is 3.89. The molecule has 0 unspecified atom stereocenters. The third-order valence-electron chi connectivity index (χ3n) is 10.0. The number of hydrogen-bond acceptors (Lipinski definition) is 5. The van der Waals surface area contributed by atoms with E-state index in [1.54, 1.807) is 0 Å². The van der Waals surface area contributed by atoms with Gasteiger partial charge in [-0.05, 0) is 57.6 Å². The summed E-state index contributed by atoms with van der Waals surface area (Å²) in [4.78, 5) is 9.80. The van der Waals surface area contributed by atoms with E-state index in [2.05, 4.69) is 146 Å². The van der Waals surface area contributed by atoms with Crippen LogP contribution < -0.4 is 0 Å². The van der Waals surface area contributed by atoms with Gasteiger partial charge in [-0.2, -0.15) is 0 Å². The van der Waals surface area contributed by atoms with Crippen LogP contribution in [0.2, 0.25) is 0 Å². The lowest BCUT2D eigenvalue weighted by molar-refractivity contribution is 0.653. The van der Waals surface area contributed by atoms with E-state index < -0.39 is 0 Å². The SMILES string of the molecule is c1ccc2c(c1)sc1c(-c3ccc(-c4ccc5oc6nc(-c7ccc(-c8cccc9c8sc8ccccc89)cc7)cnc6c5c4)cc3)cccc12. The van der Waals surface area contributed by atoms with Gasteiger partial charge in [-0.25, -0.2) is 9.97 Å². The Balaban J connectivity index is 0.905. The van der Waals surface area contributed by atoms with E-state index in [1.807, 2.05) is 34.9 Å². The standard InChI is InChI=1S/C46H26N2OS2/c1-3-13-41-34(7-1)36-11-5-9-32(44(36)50-41)28-17-15-27(16-18-28)31-23-24-40-38(25-31)43-46(49-40)48-39(26-47-43)30-21-19-29(20-22-30)33-10-6-12-37-35-8-2-4-14-42(35)51-45(33)37/h1-26H. The molecule has 0 aliphatic rings. The fourth-order valence-corrected chi connectivity index (χ4v) is 9.94. The molecule has 11 rings (SSSR count). The second-order valence-electron chi connectivity index (χ2n) is 12.9. The highest BCUT2D eigenvalue weighted by molar-refractivity contribution is 7.26. The largest absolute Gasteiger partial charge is 0.436 e. The smallest absolute Gasteiger partial charge is 0.246 e. The first kappa shape index (κ1) is 28.7. The van der Waals surface area contributed by atoms with E-state index in [1.165, 1.54) is 62.6 Å². The molecular weight excluding hydrogens is 661 g/mol. The molecule has 0 atom stereocenters. The highest BCUT2D eigenvalue weighted by Crippen LogP contribution is 2.42. The van der Waals surface area contributed by atoms with Crippen LogP contribution >= 0.6 is 22.7 Å². The van der Waals surface area contributed by atoms with Gasteiger partial charge < -0.3 is 4.42 Å². The molecule has 51 heavy (non-hydrogen) atoms. The van der Waals surface area contributed by atoms with Crippen molar-refractivity contribution >= 4 is 85.2 Å². The van der Waals surface area contributed by atoms with Crippen LogP contribution in [0.25, 0.3) is 107 Å². The number of rotatable bonds is 4. The lowest BCUT2D eigenvalue weighted by Gasteiger charge is -2.07. The Hall–Kier alpha value is -6.14. The molecule has 0 radical (unpaired) electrons. The van der Waals surface area contributed by atoms with Crippen LogP contribution in [0.5, 0.6) is 0 Å². The maximum absolute atomic E-state index is 6.25. The lowest BCUT2D eigenvalue weighted by atomic mass is 9.98. The van der Waals surface area contributed by atoms with E-state index in [4.69, 9.17) is 14.4 Å². The molecule has 11 aromatic rings. The Morgan fingerprint density at radius 1 is 0.431 bits per heavy atom. The first-order chi connectivity index (χ1) is 25.2. The molecule has 0 amide bonds. The van der Waals surface area contributed by atoms with Gasteiger partial charge in [0, 0.05) is 51.3 Å². The molecule has 4 heterocycles. The zero-order valence-electron chi connectivity index (χ0n) is 27.1. The van der Waals surface area contributed by atoms with Gasteiger partial charge in [0.1, 0.15) is 11.1 Å². The molecule has 238 valence electrons. The van der Waals surface area contributed by atoms with E-state index in [-0.39, 0.29) is 0 Å². The van der Waals surface area contributed by atoms with Crippen molar-refractivity contribution in [2.24, 2.45) is 0 Å². The molecular formula is C46H26N2OS2. The number of hydrogen-bond donors (Lipinski definition) is 0.